The average molecular weight is 452 g/mol. The van der Waals surface area contributed by atoms with Crippen LogP contribution in [0.3, 0.4) is 0 Å². The molecule has 29 heavy (non-hydrogen) atoms. The van der Waals surface area contributed by atoms with Crippen molar-refractivity contribution in [3.63, 3.8) is 0 Å². The largest absolute Gasteiger partial charge is 0.340 e. The highest BCUT2D eigenvalue weighted by Gasteiger charge is 2.30. The minimum atomic E-state index is 0.0461. The van der Waals surface area contributed by atoms with Crippen molar-refractivity contribution in [3.05, 3.63) is 56.9 Å². The number of nitrogens with one attached hydrogen (secondary N) is 1. The summed E-state index contributed by atoms with van der Waals surface area (Å²) in [6, 6.07) is 7.39. The molecule has 152 valence electrons. The number of benzene rings is 1. The standard InChI is InChI=1S/C21H21Cl3N4O/c1-12(29)28(11-13-5-15(22)8-16(23)6-13)18-4-2-3-14(7-18)20-26-19-9-17(24)10-25-21(19)27-20/h5-6,8-10,14,18H,2-4,7,11H2,1H3,(H,25,26,27). The van der Waals surface area contributed by atoms with Crippen LogP contribution in [0, 0.1) is 0 Å². The first-order chi connectivity index (χ1) is 13.9. The molecule has 1 fully saturated rings. The molecule has 0 aliphatic heterocycles. The summed E-state index contributed by atoms with van der Waals surface area (Å²) in [4.78, 5) is 26.7. The number of H-pyrrole nitrogens is 1. The van der Waals surface area contributed by atoms with E-state index < -0.39 is 0 Å². The Morgan fingerprint density at radius 2 is 1.90 bits per heavy atom. The van der Waals surface area contributed by atoms with E-state index in [1.165, 1.54) is 0 Å². The van der Waals surface area contributed by atoms with Crippen LogP contribution in [0.5, 0.6) is 0 Å². The number of aromatic nitrogens is 3. The summed E-state index contributed by atoms with van der Waals surface area (Å²) >= 11 is 18.3. The fourth-order valence-electron chi connectivity index (χ4n) is 4.18. The molecule has 1 aliphatic carbocycles. The number of pyridine rings is 1. The van der Waals surface area contributed by atoms with Crippen LogP contribution in [0.25, 0.3) is 11.2 Å². The van der Waals surface area contributed by atoms with Gasteiger partial charge in [-0.2, -0.15) is 0 Å². The Morgan fingerprint density at radius 3 is 2.62 bits per heavy atom. The second-order valence-corrected chi connectivity index (χ2v) is 8.90. The molecule has 1 saturated carbocycles. The Hall–Kier alpha value is -1.82. The molecule has 0 saturated heterocycles. The highest BCUT2D eigenvalue weighted by Crippen LogP contribution is 2.35. The van der Waals surface area contributed by atoms with Gasteiger partial charge in [0, 0.05) is 41.7 Å². The zero-order valence-corrected chi connectivity index (χ0v) is 18.2. The minimum absolute atomic E-state index is 0.0461. The Kier molecular flexibility index (Phi) is 6.00. The fraction of sp³-hybridized carbons (Fsp3) is 0.381. The second-order valence-electron chi connectivity index (χ2n) is 7.59. The molecule has 1 amide bonds. The molecule has 2 unspecified atom stereocenters. The van der Waals surface area contributed by atoms with Gasteiger partial charge in [-0.05, 0) is 49.1 Å². The lowest BCUT2D eigenvalue weighted by atomic mass is 9.84. The van der Waals surface area contributed by atoms with Crippen LogP contribution in [0.1, 0.15) is 49.9 Å². The van der Waals surface area contributed by atoms with Gasteiger partial charge < -0.3 is 9.88 Å². The lowest BCUT2D eigenvalue weighted by Crippen LogP contribution is -2.41. The first kappa shape index (κ1) is 20.5. The monoisotopic (exact) mass is 450 g/mol. The molecule has 8 heteroatoms. The third-order valence-electron chi connectivity index (χ3n) is 5.48. The van der Waals surface area contributed by atoms with E-state index in [1.54, 1.807) is 19.2 Å². The maximum atomic E-state index is 12.5. The number of carbonyl (C=O) groups is 1. The number of amides is 1. The molecule has 3 aromatic rings. The van der Waals surface area contributed by atoms with Crippen molar-refractivity contribution < 1.29 is 4.79 Å². The zero-order valence-electron chi connectivity index (χ0n) is 16.0. The Bertz CT molecular complexity index is 1030. The first-order valence-corrected chi connectivity index (χ1v) is 10.8. The molecule has 0 bridgehead atoms. The number of aromatic amines is 1. The van der Waals surface area contributed by atoms with Gasteiger partial charge in [-0.25, -0.2) is 9.97 Å². The molecular formula is C21H21Cl3N4O. The Morgan fingerprint density at radius 1 is 1.14 bits per heavy atom. The topological polar surface area (TPSA) is 61.9 Å². The van der Waals surface area contributed by atoms with E-state index in [4.69, 9.17) is 34.8 Å². The van der Waals surface area contributed by atoms with Gasteiger partial charge in [-0.3, -0.25) is 4.79 Å². The molecule has 0 spiro atoms. The van der Waals surface area contributed by atoms with Crippen molar-refractivity contribution in [2.45, 2.75) is 51.1 Å². The first-order valence-electron chi connectivity index (χ1n) is 9.62. The summed E-state index contributed by atoms with van der Waals surface area (Å²) in [5.74, 6) is 1.20. The number of fused-ring (bicyclic) bond motifs is 1. The van der Waals surface area contributed by atoms with Gasteiger partial charge in [0.25, 0.3) is 0 Å². The van der Waals surface area contributed by atoms with Crippen LogP contribution in [0.15, 0.2) is 30.5 Å². The zero-order chi connectivity index (χ0) is 20.5. The molecule has 0 radical (unpaired) electrons. The predicted octanol–water partition coefficient (Wildman–Crippen LogP) is 5.99. The van der Waals surface area contributed by atoms with E-state index >= 15 is 0 Å². The summed E-state index contributed by atoms with van der Waals surface area (Å²) in [5, 5.41) is 1.73. The number of carbonyl (C=O) groups excluding carboxylic acids is 1. The maximum Gasteiger partial charge on any atom is 0.219 e. The van der Waals surface area contributed by atoms with Gasteiger partial charge in [-0.1, -0.05) is 41.2 Å². The average Bonchev–Trinajstić information content (AvgIpc) is 3.08. The van der Waals surface area contributed by atoms with Crippen molar-refractivity contribution in [2.75, 3.05) is 0 Å². The fourth-order valence-corrected chi connectivity index (χ4v) is 4.91. The summed E-state index contributed by atoms with van der Waals surface area (Å²) in [7, 11) is 0. The molecule has 2 aromatic heterocycles. The van der Waals surface area contributed by atoms with Crippen LogP contribution < -0.4 is 0 Å². The number of halogens is 3. The van der Waals surface area contributed by atoms with E-state index in [2.05, 4.69) is 15.0 Å². The van der Waals surface area contributed by atoms with E-state index in [-0.39, 0.29) is 17.9 Å². The lowest BCUT2D eigenvalue weighted by Gasteiger charge is -2.36. The van der Waals surface area contributed by atoms with Crippen LogP contribution in [0.4, 0.5) is 0 Å². The van der Waals surface area contributed by atoms with Gasteiger partial charge in [0.05, 0.1) is 10.5 Å². The van der Waals surface area contributed by atoms with E-state index in [9.17, 15) is 4.79 Å². The van der Waals surface area contributed by atoms with Crippen molar-refractivity contribution in [1.82, 2.24) is 19.9 Å². The smallest absolute Gasteiger partial charge is 0.219 e. The Labute approximate surface area is 184 Å². The molecule has 4 rings (SSSR count). The van der Waals surface area contributed by atoms with Gasteiger partial charge >= 0.3 is 0 Å². The third kappa shape index (κ3) is 4.68. The normalized spacial score (nSPS) is 19.4. The van der Waals surface area contributed by atoms with Gasteiger partial charge in [0.15, 0.2) is 5.65 Å². The molecule has 2 heterocycles. The summed E-state index contributed by atoms with van der Waals surface area (Å²) in [6.45, 7) is 2.10. The number of hydrogen-bond acceptors (Lipinski definition) is 3. The van der Waals surface area contributed by atoms with Crippen LogP contribution in [-0.2, 0) is 11.3 Å². The van der Waals surface area contributed by atoms with E-state index in [0.29, 0.717) is 27.3 Å². The van der Waals surface area contributed by atoms with Crippen molar-refractivity contribution >= 4 is 51.9 Å². The van der Waals surface area contributed by atoms with Gasteiger partial charge in [0.2, 0.25) is 5.91 Å². The minimum Gasteiger partial charge on any atom is -0.340 e. The van der Waals surface area contributed by atoms with Crippen molar-refractivity contribution in [1.29, 1.82) is 0 Å². The van der Waals surface area contributed by atoms with Crippen LogP contribution in [-0.4, -0.2) is 31.8 Å². The highest BCUT2D eigenvalue weighted by atomic mass is 35.5. The highest BCUT2D eigenvalue weighted by molar-refractivity contribution is 6.34. The quantitative estimate of drug-likeness (QED) is 0.529. The van der Waals surface area contributed by atoms with Gasteiger partial charge in [-0.15, -0.1) is 0 Å². The molecule has 2 atom stereocenters. The lowest BCUT2D eigenvalue weighted by molar-refractivity contribution is -0.132. The molecule has 1 N–H and O–H groups in total. The van der Waals surface area contributed by atoms with E-state index in [1.807, 2.05) is 23.1 Å². The molecule has 5 nitrogen and oxygen atoms in total. The summed E-state index contributed by atoms with van der Waals surface area (Å²) in [5.41, 5.74) is 2.44. The van der Waals surface area contributed by atoms with Crippen LogP contribution in [0.2, 0.25) is 15.1 Å². The van der Waals surface area contributed by atoms with Crippen molar-refractivity contribution in [3.8, 4) is 0 Å². The summed E-state index contributed by atoms with van der Waals surface area (Å²) < 4.78 is 0. The molecular weight excluding hydrogens is 431 g/mol. The SMILES string of the molecule is CC(=O)N(Cc1cc(Cl)cc(Cl)c1)C1CCCC(c2nc3ncc(Cl)cc3[nH]2)C1. The number of rotatable bonds is 4. The van der Waals surface area contributed by atoms with Crippen LogP contribution >= 0.6 is 34.8 Å². The molecule has 1 aromatic carbocycles. The predicted molar refractivity (Wildman–Crippen MR) is 117 cm³/mol. The van der Waals surface area contributed by atoms with E-state index in [0.717, 1.165) is 42.6 Å². The maximum absolute atomic E-state index is 12.5. The molecule has 1 aliphatic rings. The number of nitrogens with zero attached hydrogens (tertiary/aromatic N) is 3. The van der Waals surface area contributed by atoms with Crippen molar-refractivity contribution in [2.24, 2.45) is 0 Å². The summed E-state index contributed by atoms with van der Waals surface area (Å²) in [6.07, 6.45) is 5.47. The third-order valence-corrected chi connectivity index (χ3v) is 6.12. The number of imidazole rings is 1. The Balaban J connectivity index is 1.55. The second kappa shape index (κ2) is 8.50. The number of hydrogen-bond donors (Lipinski definition) is 1. The van der Waals surface area contributed by atoms with Gasteiger partial charge in [0.1, 0.15) is 5.82 Å².